The normalized spacial score (nSPS) is 15.3. The summed E-state index contributed by atoms with van der Waals surface area (Å²) in [4.78, 5) is 2.64. The monoisotopic (exact) mass is 388 g/mol. The van der Waals surface area contributed by atoms with Crippen molar-refractivity contribution < 1.29 is 13.2 Å². The molecule has 0 spiro atoms. The number of sulfonamides is 1. The minimum Gasteiger partial charge on any atom is -0.492 e. The second kappa shape index (κ2) is 9.35. The van der Waals surface area contributed by atoms with Crippen LogP contribution in [0.15, 0.2) is 59.5 Å². The number of rotatable bonds is 9. The van der Waals surface area contributed by atoms with E-state index in [1.165, 1.54) is 43.4 Å². The Hall–Kier alpha value is -1.89. The van der Waals surface area contributed by atoms with Crippen molar-refractivity contribution in [3.8, 4) is 5.75 Å². The number of ether oxygens (including phenoxy) is 1. The molecule has 0 radical (unpaired) electrons. The Morgan fingerprint density at radius 3 is 2.26 bits per heavy atom. The second-order valence-corrected chi connectivity index (χ2v) is 8.64. The number of hydrogen-bond acceptors (Lipinski definition) is 4. The molecule has 2 aromatic carbocycles. The van der Waals surface area contributed by atoms with Crippen molar-refractivity contribution in [3.05, 3.63) is 60.2 Å². The third-order valence-electron chi connectivity index (χ3n) is 5.17. The average Bonchev–Trinajstić information content (AvgIpc) is 3.19. The predicted molar refractivity (Wildman–Crippen MR) is 107 cm³/mol. The maximum absolute atomic E-state index is 11.3. The van der Waals surface area contributed by atoms with Gasteiger partial charge in [0.1, 0.15) is 12.4 Å². The molecule has 146 valence electrons. The highest BCUT2D eigenvalue weighted by molar-refractivity contribution is 7.89. The van der Waals surface area contributed by atoms with Crippen molar-refractivity contribution in [1.82, 2.24) is 4.90 Å². The summed E-state index contributed by atoms with van der Waals surface area (Å²) in [5.41, 5.74) is 1.36. The molecule has 0 aromatic heterocycles. The van der Waals surface area contributed by atoms with Crippen LogP contribution in [0.1, 0.15) is 31.2 Å². The van der Waals surface area contributed by atoms with Gasteiger partial charge in [0.25, 0.3) is 0 Å². The fraction of sp³-hybridized carbons (Fsp3) is 0.429. The third kappa shape index (κ3) is 6.06. The zero-order valence-corrected chi connectivity index (χ0v) is 16.4. The second-order valence-electron chi connectivity index (χ2n) is 7.07. The largest absolute Gasteiger partial charge is 0.492 e. The van der Waals surface area contributed by atoms with Gasteiger partial charge in [-0.15, -0.1) is 0 Å². The highest BCUT2D eigenvalue weighted by Crippen LogP contribution is 2.24. The fourth-order valence-electron chi connectivity index (χ4n) is 3.67. The molecular formula is C21H28N2O3S. The van der Waals surface area contributed by atoms with Crippen LogP contribution >= 0.6 is 0 Å². The number of primary sulfonamides is 1. The number of hydrogen-bond donors (Lipinski definition) is 1. The molecule has 2 aromatic rings. The van der Waals surface area contributed by atoms with Gasteiger partial charge in [-0.1, -0.05) is 43.2 Å². The maximum Gasteiger partial charge on any atom is 0.238 e. The number of nitrogens with two attached hydrogens (primary N) is 1. The SMILES string of the molecule is NS(=O)(=O)c1ccc(OCCN(CCc2ccccc2)C2CCCC2)cc1. The van der Waals surface area contributed by atoms with Crippen molar-refractivity contribution in [2.45, 2.75) is 43.0 Å². The van der Waals surface area contributed by atoms with E-state index in [0.29, 0.717) is 18.4 Å². The zero-order valence-electron chi connectivity index (χ0n) is 15.6. The van der Waals surface area contributed by atoms with Crippen LogP contribution < -0.4 is 9.88 Å². The van der Waals surface area contributed by atoms with E-state index in [1.807, 2.05) is 6.07 Å². The van der Waals surface area contributed by atoms with Gasteiger partial charge in [-0.05, 0) is 49.1 Å². The van der Waals surface area contributed by atoms with Gasteiger partial charge in [-0.2, -0.15) is 0 Å². The zero-order chi connectivity index (χ0) is 19.1. The number of benzene rings is 2. The van der Waals surface area contributed by atoms with Gasteiger partial charge in [0, 0.05) is 19.1 Å². The van der Waals surface area contributed by atoms with Crippen LogP contribution in [0.4, 0.5) is 0 Å². The predicted octanol–water partition coefficient (Wildman–Crippen LogP) is 3.20. The Balaban J connectivity index is 1.53. The summed E-state index contributed by atoms with van der Waals surface area (Å²) in [5, 5.41) is 5.12. The molecule has 5 nitrogen and oxygen atoms in total. The Labute approximate surface area is 162 Å². The van der Waals surface area contributed by atoms with Gasteiger partial charge in [0.05, 0.1) is 4.90 Å². The van der Waals surface area contributed by atoms with Gasteiger partial charge >= 0.3 is 0 Å². The minimum atomic E-state index is -3.66. The topological polar surface area (TPSA) is 72.6 Å². The summed E-state index contributed by atoms with van der Waals surface area (Å²) < 4.78 is 28.5. The van der Waals surface area contributed by atoms with Crippen LogP contribution in [-0.2, 0) is 16.4 Å². The lowest BCUT2D eigenvalue weighted by Crippen LogP contribution is -2.38. The van der Waals surface area contributed by atoms with E-state index in [1.54, 1.807) is 12.1 Å². The summed E-state index contributed by atoms with van der Waals surface area (Å²) in [7, 11) is -3.66. The van der Waals surface area contributed by atoms with E-state index in [0.717, 1.165) is 19.5 Å². The van der Waals surface area contributed by atoms with E-state index in [9.17, 15) is 8.42 Å². The van der Waals surface area contributed by atoms with Gasteiger partial charge in [0.2, 0.25) is 10.0 Å². The van der Waals surface area contributed by atoms with Gasteiger partial charge in [0.15, 0.2) is 0 Å². The molecular weight excluding hydrogens is 360 g/mol. The molecule has 0 atom stereocenters. The van der Waals surface area contributed by atoms with Crippen LogP contribution in [0.25, 0.3) is 0 Å². The molecule has 1 saturated carbocycles. The van der Waals surface area contributed by atoms with Gasteiger partial charge in [-0.3, -0.25) is 4.90 Å². The standard InChI is InChI=1S/C21H28N2O3S/c22-27(24,25)21-12-10-20(11-13-21)26-17-16-23(19-8-4-5-9-19)15-14-18-6-2-1-3-7-18/h1-3,6-7,10-13,19H,4-5,8-9,14-17H2,(H2,22,24,25). The molecule has 27 heavy (non-hydrogen) atoms. The Morgan fingerprint density at radius 1 is 0.963 bits per heavy atom. The van der Waals surface area contributed by atoms with E-state index >= 15 is 0 Å². The molecule has 0 unspecified atom stereocenters. The first-order valence-corrected chi connectivity index (χ1v) is 11.1. The molecule has 0 heterocycles. The van der Waals surface area contributed by atoms with E-state index in [-0.39, 0.29) is 4.90 Å². The molecule has 2 N–H and O–H groups in total. The molecule has 0 aliphatic heterocycles. The summed E-state index contributed by atoms with van der Waals surface area (Å²) >= 11 is 0. The Morgan fingerprint density at radius 2 is 1.63 bits per heavy atom. The maximum atomic E-state index is 11.3. The van der Waals surface area contributed by atoms with Crippen molar-refractivity contribution in [2.24, 2.45) is 5.14 Å². The van der Waals surface area contributed by atoms with Crippen LogP contribution in [-0.4, -0.2) is 39.1 Å². The first-order valence-electron chi connectivity index (χ1n) is 9.56. The molecule has 6 heteroatoms. The smallest absolute Gasteiger partial charge is 0.238 e. The van der Waals surface area contributed by atoms with E-state index in [2.05, 4.69) is 29.2 Å². The van der Waals surface area contributed by atoms with Gasteiger partial charge < -0.3 is 4.74 Å². The highest BCUT2D eigenvalue weighted by atomic mass is 32.2. The Bertz CT molecular complexity index is 801. The molecule has 0 amide bonds. The van der Waals surface area contributed by atoms with E-state index < -0.39 is 10.0 Å². The minimum absolute atomic E-state index is 0.102. The summed E-state index contributed by atoms with van der Waals surface area (Å²) in [6.45, 7) is 2.48. The highest BCUT2D eigenvalue weighted by Gasteiger charge is 2.22. The molecule has 0 bridgehead atoms. The molecule has 3 rings (SSSR count). The molecule has 1 aliphatic rings. The van der Waals surface area contributed by atoms with Crippen LogP contribution in [0.5, 0.6) is 5.75 Å². The molecule has 1 aliphatic carbocycles. The van der Waals surface area contributed by atoms with Crippen molar-refractivity contribution in [1.29, 1.82) is 0 Å². The fourth-order valence-corrected chi connectivity index (χ4v) is 4.19. The molecule has 1 fully saturated rings. The average molecular weight is 389 g/mol. The first kappa shape index (κ1) is 19.9. The van der Waals surface area contributed by atoms with Crippen LogP contribution in [0.2, 0.25) is 0 Å². The van der Waals surface area contributed by atoms with Crippen LogP contribution in [0.3, 0.4) is 0 Å². The third-order valence-corrected chi connectivity index (χ3v) is 6.10. The van der Waals surface area contributed by atoms with Gasteiger partial charge in [-0.25, -0.2) is 13.6 Å². The lowest BCUT2D eigenvalue weighted by atomic mass is 10.1. The van der Waals surface area contributed by atoms with E-state index in [4.69, 9.17) is 9.88 Å². The van der Waals surface area contributed by atoms with Crippen LogP contribution in [0, 0.1) is 0 Å². The summed E-state index contributed by atoms with van der Waals surface area (Å²) in [6.07, 6.45) is 6.18. The molecule has 0 saturated heterocycles. The first-order chi connectivity index (χ1) is 13.0. The Kier molecular flexibility index (Phi) is 6.88. The lowest BCUT2D eigenvalue weighted by Gasteiger charge is -2.28. The lowest BCUT2D eigenvalue weighted by molar-refractivity contribution is 0.162. The number of nitrogens with zero attached hydrogens (tertiary/aromatic N) is 1. The van der Waals surface area contributed by atoms with Crippen molar-refractivity contribution >= 4 is 10.0 Å². The van der Waals surface area contributed by atoms with Crippen molar-refractivity contribution in [2.75, 3.05) is 19.7 Å². The summed E-state index contributed by atoms with van der Waals surface area (Å²) in [5.74, 6) is 0.664. The van der Waals surface area contributed by atoms with Crippen molar-refractivity contribution in [3.63, 3.8) is 0 Å². The summed E-state index contributed by atoms with van der Waals surface area (Å²) in [6, 6.07) is 17.5. The quantitative estimate of drug-likeness (QED) is 0.716.